The smallest absolute Gasteiger partial charge is 0.251 e. The van der Waals surface area contributed by atoms with Gasteiger partial charge in [-0.25, -0.2) is 8.42 Å². The van der Waals surface area contributed by atoms with Gasteiger partial charge < -0.3 is 5.32 Å². The number of aryl methyl sites for hydroxylation is 1. The number of hydrogen-bond acceptors (Lipinski definition) is 3. The summed E-state index contributed by atoms with van der Waals surface area (Å²) in [5.41, 5.74) is 4.06. The van der Waals surface area contributed by atoms with Crippen LogP contribution in [0.5, 0.6) is 0 Å². The van der Waals surface area contributed by atoms with Gasteiger partial charge in [0, 0.05) is 10.6 Å². The second-order valence-corrected chi connectivity index (χ2v) is 10.1. The van der Waals surface area contributed by atoms with Crippen LogP contribution in [0.1, 0.15) is 46.9 Å². The Morgan fingerprint density at radius 3 is 2.19 bits per heavy atom. The number of carbonyl (C=O) groups excluding carboxylic acids is 1. The number of anilines is 1. The lowest BCUT2D eigenvalue weighted by molar-refractivity contribution is 0.0940. The number of hydrogen-bond donors (Lipinski definition) is 1. The Morgan fingerprint density at radius 1 is 1.00 bits per heavy atom. The van der Waals surface area contributed by atoms with Crippen LogP contribution in [0, 0.1) is 0 Å². The zero-order valence-corrected chi connectivity index (χ0v) is 20.0. The van der Waals surface area contributed by atoms with Crippen molar-refractivity contribution in [3.8, 4) is 0 Å². The highest BCUT2D eigenvalue weighted by Gasteiger charge is 2.19. The first kappa shape index (κ1) is 23.8. The third-order valence-corrected chi connectivity index (χ3v) is 6.65. The molecule has 0 saturated heterocycles. The summed E-state index contributed by atoms with van der Waals surface area (Å²) >= 11 is 6.03. The first-order valence-electron chi connectivity index (χ1n) is 10.4. The maximum atomic E-state index is 12.7. The van der Waals surface area contributed by atoms with Gasteiger partial charge in [0.15, 0.2) is 0 Å². The second kappa shape index (κ2) is 10.2. The van der Waals surface area contributed by atoms with Crippen LogP contribution in [0.15, 0.2) is 72.8 Å². The van der Waals surface area contributed by atoms with E-state index in [4.69, 9.17) is 11.6 Å². The Hall–Kier alpha value is -2.83. The van der Waals surface area contributed by atoms with E-state index < -0.39 is 10.0 Å². The van der Waals surface area contributed by atoms with Gasteiger partial charge in [0.2, 0.25) is 10.0 Å². The van der Waals surface area contributed by atoms with Gasteiger partial charge in [-0.15, -0.1) is 0 Å². The van der Waals surface area contributed by atoms with E-state index in [1.54, 1.807) is 48.5 Å². The third kappa shape index (κ3) is 6.11. The lowest BCUT2D eigenvalue weighted by atomic mass is 10.0. The number of amides is 1. The van der Waals surface area contributed by atoms with Gasteiger partial charge in [-0.1, -0.05) is 61.0 Å². The van der Waals surface area contributed by atoms with Gasteiger partial charge in [0.25, 0.3) is 5.91 Å². The minimum absolute atomic E-state index is 0.128. The van der Waals surface area contributed by atoms with Gasteiger partial charge >= 0.3 is 0 Å². The van der Waals surface area contributed by atoms with Crippen LogP contribution in [-0.4, -0.2) is 20.6 Å². The number of halogens is 1. The highest BCUT2D eigenvalue weighted by molar-refractivity contribution is 7.92. The molecule has 0 bridgehead atoms. The molecule has 32 heavy (non-hydrogen) atoms. The monoisotopic (exact) mass is 470 g/mol. The average Bonchev–Trinajstić information content (AvgIpc) is 2.77. The van der Waals surface area contributed by atoms with E-state index in [1.807, 2.05) is 19.1 Å². The van der Waals surface area contributed by atoms with Crippen LogP contribution in [0.4, 0.5) is 5.69 Å². The summed E-state index contributed by atoms with van der Waals surface area (Å²) in [6.07, 6.45) is 2.13. The topological polar surface area (TPSA) is 66.5 Å². The zero-order chi connectivity index (χ0) is 23.3. The molecular weight excluding hydrogens is 444 g/mol. The SMILES string of the molecule is CCc1ccc([C@@H](C)NC(=O)c2ccc(CN(c3cccc(Cl)c3)S(C)(=O)=O)cc2)cc1. The Morgan fingerprint density at radius 2 is 1.62 bits per heavy atom. The standard InChI is InChI=1S/C25H27ClN2O3S/c1-4-19-8-12-21(13-9-19)18(2)27-25(29)22-14-10-20(11-15-22)17-28(32(3,30)31)24-7-5-6-23(26)16-24/h5-16,18H,4,17H2,1-3H3,(H,27,29)/t18-/m1/s1. The van der Waals surface area contributed by atoms with Crippen molar-refractivity contribution in [2.75, 3.05) is 10.6 Å². The lowest BCUT2D eigenvalue weighted by Gasteiger charge is -2.23. The molecule has 0 aliphatic heterocycles. The molecule has 0 aliphatic carbocycles. The molecule has 0 radical (unpaired) electrons. The molecule has 168 valence electrons. The van der Waals surface area contributed by atoms with Gasteiger partial charge in [-0.05, 0) is 60.4 Å². The molecule has 0 saturated carbocycles. The molecule has 3 aromatic carbocycles. The van der Waals surface area contributed by atoms with Crippen LogP contribution in [0.3, 0.4) is 0 Å². The number of nitrogens with one attached hydrogen (secondary N) is 1. The number of nitrogens with zero attached hydrogens (tertiary/aromatic N) is 1. The summed E-state index contributed by atoms with van der Waals surface area (Å²) in [5, 5.41) is 3.47. The van der Waals surface area contributed by atoms with Crippen LogP contribution in [-0.2, 0) is 23.0 Å². The minimum atomic E-state index is -3.52. The first-order chi connectivity index (χ1) is 15.2. The normalized spacial score (nSPS) is 12.2. The zero-order valence-electron chi connectivity index (χ0n) is 18.4. The Bertz CT molecular complexity index is 1180. The number of sulfonamides is 1. The molecule has 0 unspecified atom stereocenters. The highest BCUT2D eigenvalue weighted by Crippen LogP contribution is 2.24. The maximum Gasteiger partial charge on any atom is 0.251 e. The van der Waals surface area contributed by atoms with Crippen molar-refractivity contribution in [2.45, 2.75) is 32.9 Å². The number of benzene rings is 3. The molecule has 1 N–H and O–H groups in total. The molecule has 0 heterocycles. The van der Waals surface area contributed by atoms with Crippen LogP contribution in [0.2, 0.25) is 5.02 Å². The van der Waals surface area contributed by atoms with Gasteiger partial charge in [-0.2, -0.15) is 0 Å². The van der Waals surface area contributed by atoms with Crippen LogP contribution < -0.4 is 9.62 Å². The van der Waals surface area contributed by atoms with E-state index in [9.17, 15) is 13.2 Å². The van der Waals surface area contributed by atoms with Crippen LogP contribution >= 0.6 is 11.6 Å². The summed E-state index contributed by atoms with van der Waals surface area (Å²) in [7, 11) is -3.52. The number of carbonyl (C=O) groups is 1. The fourth-order valence-corrected chi connectivity index (χ4v) is 4.43. The van der Waals surface area contributed by atoms with E-state index in [0.717, 1.165) is 23.8 Å². The molecular formula is C25H27ClN2O3S. The van der Waals surface area contributed by atoms with E-state index in [1.165, 1.54) is 9.87 Å². The Kier molecular flexibility index (Phi) is 7.59. The van der Waals surface area contributed by atoms with Crippen molar-refractivity contribution < 1.29 is 13.2 Å². The van der Waals surface area contributed by atoms with Gasteiger partial charge in [0.05, 0.1) is 24.5 Å². The van der Waals surface area contributed by atoms with Crippen molar-refractivity contribution >= 4 is 33.2 Å². The Balaban J connectivity index is 1.71. The average molecular weight is 471 g/mol. The van der Waals surface area contributed by atoms with Crippen molar-refractivity contribution in [1.29, 1.82) is 0 Å². The molecule has 1 amide bonds. The van der Waals surface area contributed by atoms with Crippen molar-refractivity contribution in [3.05, 3.63) is 100 Å². The predicted molar refractivity (Wildman–Crippen MR) is 131 cm³/mol. The lowest BCUT2D eigenvalue weighted by Crippen LogP contribution is -2.29. The third-order valence-electron chi connectivity index (χ3n) is 5.27. The summed E-state index contributed by atoms with van der Waals surface area (Å²) in [6.45, 7) is 4.19. The number of rotatable bonds is 8. The molecule has 3 aromatic rings. The first-order valence-corrected chi connectivity index (χ1v) is 12.6. The summed E-state index contributed by atoms with van der Waals surface area (Å²) in [4.78, 5) is 12.7. The van der Waals surface area contributed by atoms with Gasteiger partial charge in [0.1, 0.15) is 0 Å². The highest BCUT2D eigenvalue weighted by atomic mass is 35.5. The second-order valence-electron chi connectivity index (χ2n) is 7.74. The quantitative estimate of drug-likeness (QED) is 0.482. The molecule has 0 aliphatic rings. The summed E-state index contributed by atoms with van der Waals surface area (Å²) < 4.78 is 26.0. The predicted octanol–water partition coefficient (Wildman–Crippen LogP) is 5.36. The maximum absolute atomic E-state index is 12.7. The van der Waals surface area contributed by atoms with E-state index in [0.29, 0.717) is 16.3 Å². The summed E-state index contributed by atoms with van der Waals surface area (Å²) in [6, 6.07) is 21.7. The van der Waals surface area contributed by atoms with Crippen molar-refractivity contribution in [1.82, 2.24) is 5.32 Å². The molecule has 1 atom stereocenters. The van der Waals surface area contributed by atoms with Crippen LogP contribution in [0.25, 0.3) is 0 Å². The Labute approximate surface area is 195 Å². The largest absolute Gasteiger partial charge is 0.346 e. The van der Waals surface area contributed by atoms with Crippen molar-refractivity contribution in [2.24, 2.45) is 0 Å². The molecule has 7 heteroatoms. The van der Waals surface area contributed by atoms with E-state index in [2.05, 4.69) is 24.4 Å². The molecule has 3 rings (SSSR count). The fraction of sp³-hybridized carbons (Fsp3) is 0.240. The molecule has 0 spiro atoms. The van der Waals surface area contributed by atoms with Crippen molar-refractivity contribution in [3.63, 3.8) is 0 Å². The molecule has 0 fully saturated rings. The fourth-order valence-electron chi connectivity index (χ4n) is 3.36. The van der Waals surface area contributed by atoms with E-state index >= 15 is 0 Å². The molecule has 0 aromatic heterocycles. The molecule has 5 nitrogen and oxygen atoms in total. The summed E-state index contributed by atoms with van der Waals surface area (Å²) in [5.74, 6) is -0.182. The minimum Gasteiger partial charge on any atom is -0.346 e. The van der Waals surface area contributed by atoms with E-state index in [-0.39, 0.29) is 18.5 Å². The van der Waals surface area contributed by atoms with Gasteiger partial charge in [-0.3, -0.25) is 9.10 Å².